The van der Waals surface area contributed by atoms with Crippen LogP contribution in [0.3, 0.4) is 0 Å². The quantitative estimate of drug-likeness (QED) is 0.882. The van der Waals surface area contributed by atoms with Crippen LogP contribution in [0.2, 0.25) is 0 Å². The predicted molar refractivity (Wildman–Crippen MR) is 78.1 cm³/mol. The molecule has 2 aromatic heterocycles. The number of halogens is 1. The van der Waals surface area contributed by atoms with Gasteiger partial charge in [-0.25, -0.2) is 5.10 Å². The van der Waals surface area contributed by atoms with E-state index in [4.69, 9.17) is 0 Å². The van der Waals surface area contributed by atoms with Gasteiger partial charge < -0.3 is 5.32 Å². The number of aromatic nitrogens is 2. The second-order valence-corrected chi connectivity index (χ2v) is 5.70. The van der Waals surface area contributed by atoms with Crippen LogP contribution in [0.5, 0.6) is 0 Å². The summed E-state index contributed by atoms with van der Waals surface area (Å²) in [5.41, 5.74) is 0.507. The molecule has 2 heterocycles. The van der Waals surface area contributed by atoms with Gasteiger partial charge in [-0.2, -0.15) is 5.10 Å². The van der Waals surface area contributed by atoms with Gasteiger partial charge in [0.05, 0.1) is 17.9 Å². The zero-order valence-corrected chi connectivity index (χ0v) is 12.3. The van der Waals surface area contributed by atoms with Crippen LogP contribution in [0.15, 0.2) is 33.0 Å². The van der Waals surface area contributed by atoms with E-state index in [2.05, 4.69) is 49.8 Å². The molecule has 0 aliphatic rings. The van der Waals surface area contributed by atoms with Crippen LogP contribution in [-0.4, -0.2) is 10.2 Å². The van der Waals surface area contributed by atoms with E-state index in [0.29, 0.717) is 4.47 Å². The second kappa shape index (κ2) is 6.15. The third kappa shape index (κ3) is 3.00. The standard InChI is InChI=1S/C12H14BrN3OS/c1-2-4-8(10-5-3-6-18-10)15-9-7-14-16-12(17)11(9)13/h3,5-8H,2,4H2,1H3,(H2,15,16,17). The summed E-state index contributed by atoms with van der Waals surface area (Å²) < 4.78 is 0.496. The van der Waals surface area contributed by atoms with Crippen molar-refractivity contribution in [3.05, 3.63) is 43.4 Å². The van der Waals surface area contributed by atoms with Crippen LogP contribution in [0.1, 0.15) is 30.7 Å². The predicted octanol–water partition coefficient (Wildman–Crippen LogP) is 3.55. The van der Waals surface area contributed by atoms with Gasteiger partial charge in [-0.3, -0.25) is 4.79 Å². The third-order valence-corrected chi connectivity index (χ3v) is 4.36. The van der Waals surface area contributed by atoms with E-state index >= 15 is 0 Å². The molecule has 0 aliphatic heterocycles. The van der Waals surface area contributed by atoms with Crippen molar-refractivity contribution in [1.29, 1.82) is 0 Å². The van der Waals surface area contributed by atoms with Crippen LogP contribution >= 0.6 is 27.3 Å². The summed E-state index contributed by atoms with van der Waals surface area (Å²) in [6.07, 6.45) is 3.71. The monoisotopic (exact) mass is 327 g/mol. The number of nitrogens with zero attached hydrogens (tertiary/aromatic N) is 1. The lowest BCUT2D eigenvalue weighted by molar-refractivity contribution is 0.686. The first-order chi connectivity index (χ1) is 8.72. The first-order valence-electron chi connectivity index (χ1n) is 5.75. The van der Waals surface area contributed by atoms with E-state index in [1.54, 1.807) is 17.5 Å². The summed E-state index contributed by atoms with van der Waals surface area (Å²) in [4.78, 5) is 12.7. The third-order valence-electron chi connectivity index (χ3n) is 2.59. The fourth-order valence-electron chi connectivity index (χ4n) is 1.74. The van der Waals surface area contributed by atoms with Crippen LogP contribution in [-0.2, 0) is 0 Å². The van der Waals surface area contributed by atoms with Gasteiger partial charge >= 0.3 is 0 Å². The van der Waals surface area contributed by atoms with E-state index < -0.39 is 0 Å². The van der Waals surface area contributed by atoms with Gasteiger partial charge in [0.25, 0.3) is 5.56 Å². The highest BCUT2D eigenvalue weighted by atomic mass is 79.9. The molecule has 18 heavy (non-hydrogen) atoms. The zero-order valence-electron chi connectivity index (χ0n) is 9.94. The molecule has 1 unspecified atom stereocenters. The summed E-state index contributed by atoms with van der Waals surface area (Å²) in [7, 11) is 0. The molecular formula is C12H14BrN3OS. The van der Waals surface area contributed by atoms with Crippen molar-refractivity contribution in [3.63, 3.8) is 0 Å². The Hall–Kier alpha value is -1.14. The summed E-state index contributed by atoms with van der Waals surface area (Å²) >= 11 is 5.00. The van der Waals surface area contributed by atoms with E-state index in [1.165, 1.54) is 4.88 Å². The minimum atomic E-state index is -0.221. The number of aromatic amines is 1. The zero-order chi connectivity index (χ0) is 13.0. The molecule has 6 heteroatoms. The Morgan fingerprint density at radius 2 is 2.44 bits per heavy atom. The summed E-state index contributed by atoms with van der Waals surface area (Å²) in [6, 6.07) is 4.36. The lowest BCUT2D eigenvalue weighted by atomic mass is 10.1. The molecule has 0 fully saturated rings. The molecule has 0 saturated carbocycles. The topological polar surface area (TPSA) is 57.8 Å². The molecule has 4 nitrogen and oxygen atoms in total. The maximum atomic E-state index is 11.5. The first-order valence-corrected chi connectivity index (χ1v) is 7.42. The van der Waals surface area contributed by atoms with E-state index in [1.807, 2.05) is 6.07 Å². The number of rotatable bonds is 5. The Labute approximate surface area is 118 Å². The molecule has 96 valence electrons. The van der Waals surface area contributed by atoms with Gasteiger partial charge in [-0.15, -0.1) is 11.3 Å². The van der Waals surface area contributed by atoms with Gasteiger partial charge in [0.2, 0.25) is 0 Å². The highest BCUT2D eigenvalue weighted by molar-refractivity contribution is 9.10. The molecule has 1 atom stereocenters. The molecule has 0 aliphatic carbocycles. The first kappa shape index (κ1) is 13.3. The fourth-order valence-corrected chi connectivity index (χ4v) is 2.85. The molecule has 2 rings (SSSR count). The second-order valence-electron chi connectivity index (χ2n) is 3.93. The molecule has 0 spiro atoms. The largest absolute Gasteiger partial charge is 0.375 e. The molecule has 0 saturated heterocycles. The Bertz CT molecular complexity index is 553. The molecule has 2 aromatic rings. The Kier molecular flexibility index (Phi) is 4.54. The number of nitrogens with one attached hydrogen (secondary N) is 2. The Balaban J connectivity index is 2.24. The minimum absolute atomic E-state index is 0.217. The SMILES string of the molecule is CCCC(Nc1cn[nH]c(=O)c1Br)c1cccs1. The van der Waals surface area contributed by atoms with Crippen molar-refractivity contribution < 1.29 is 0 Å². The van der Waals surface area contributed by atoms with Crippen molar-refractivity contribution in [2.45, 2.75) is 25.8 Å². The molecule has 0 aromatic carbocycles. The van der Waals surface area contributed by atoms with Gasteiger partial charge in [-0.1, -0.05) is 19.4 Å². The Morgan fingerprint density at radius 3 is 3.11 bits per heavy atom. The minimum Gasteiger partial charge on any atom is -0.375 e. The van der Waals surface area contributed by atoms with Crippen LogP contribution in [0.4, 0.5) is 5.69 Å². The van der Waals surface area contributed by atoms with E-state index in [9.17, 15) is 4.79 Å². The molecule has 2 N–H and O–H groups in total. The maximum absolute atomic E-state index is 11.5. The summed E-state index contributed by atoms with van der Waals surface area (Å²) in [5.74, 6) is 0. The molecule has 0 amide bonds. The molecule has 0 radical (unpaired) electrons. The molecular weight excluding hydrogens is 314 g/mol. The number of anilines is 1. The van der Waals surface area contributed by atoms with E-state index in [0.717, 1.165) is 18.5 Å². The number of H-pyrrole nitrogens is 1. The number of hydrogen-bond acceptors (Lipinski definition) is 4. The average Bonchev–Trinajstić information content (AvgIpc) is 2.88. The lowest BCUT2D eigenvalue weighted by Gasteiger charge is -2.18. The van der Waals surface area contributed by atoms with E-state index in [-0.39, 0.29) is 11.6 Å². The fraction of sp³-hybridized carbons (Fsp3) is 0.333. The van der Waals surface area contributed by atoms with Crippen molar-refractivity contribution in [3.8, 4) is 0 Å². The van der Waals surface area contributed by atoms with Gasteiger partial charge in [0.1, 0.15) is 4.47 Å². The molecule has 0 bridgehead atoms. The van der Waals surface area contributed by atoms with Crippen molar-refractivity contribution in [1.82, 2.24) is 10.2 Å². The van der Waals surface area contributed by atoms with Crippen molar-refractivity contribution in [2.24, 2.45) is 0 Å². The van der Waals surface area contributed by atoms with Gasteiger partial charge in [-0.05, 0) is 33.8 Å². The summed E-state index contributed by atoms with van der Waals surface area (Å²) in [5, 5.41) is 11.6. The van der Waals surface area contributed by atoms with Gasteiger partial charge in [0.15, 0.2) is 0 Å². The number of thiophene rings is 1. The smallest absolute Gasteiger partial charge is 0.280 e. The highest BCUT2D eigenvalue weighted by Gasteiger charge is 2.14. The maximum Gasteiger partial charge on any atom is 0.280 e. The van der Waals surface area contributed by atoms with Crippen LogP contribution in [0.25, 0.3) is 0 Å². The summed E-state index contributed by atoms with van der Waals surface area (Å²) in [6.45, 7) is 2.15. The number of hydrogen-bond donors (Lipinski definition) is 2. The Morgan fingerprint density at radius 1 is 1.61 bits per heavy atom. The van der Waals surface area contributed by atoms with Crippen LogP contribution < -0.4 is 10.9 Å². The van der Waals surface area contributed by atoms with Crippen molar-refractivity contribution >= 4 is 33.0 Å². The normalized spacial score (nSPS) is 12.3. The van der Waals surface area contributed by atoms with Crippen LogP contribution in [0, 0.1) is 0 Å². The lowest BCUT2D eigenvalue weighted by Crippen LogP contribution is -2.15. The van der Waals surface area contributed by atoms with Crippen molar-refractivity contribution in [2.75, 3.05) is 5.32 Å². The highest BCUT2D eigenvalue weighted by Crippen LogP contribution is 2.29. The average molecular weight is 328 g/mol. The van der Waals surface area contributed by atoms with Gasteiger partial charge in [0, 0.05) is 4.88 Å².